The number of benzene rings is 1. The second-order valence-electron chi connectivity index (χ2n) is 7.14. The molecule has 0 amide bonds. The topological polar surface area (TPSA) is 32.5 Å². The summed E-state index contributed by atoms with van der Waals surface area (Å²) in [5.41, 5.74) is 10.3. The van der Waals surface area contributed by atoms with E-state index in [4.69, 9.17) is 5.73 Å². The third kappa shape index (κ3) is 3.47. The number of aryl methyl sites for hydroxylation is 1. The molecule has 0 radical (unpaired) electrons. The molecule has 1 heterocycles. The van der Waals surface area contributed by atoms with Gasteiger partial charge in [0.2, 0.25) is 0 Å². The molecule has 2 aliphatic rings. The summed E-state index contributed by atoms with van der Waals surface area (Å²) in [6, 6.07) is 7.24. The summed E-state index contributed by atoms with van der Waals surface area (Å²) in [4.78, 5) is 5.23. The average Bonchev–Trinajstić information content (AvgIpc) is 2.51. The summed E-state index contributed by atoms with van der Waals surface area (Å²) in [7, 11) is 0. The summed E-state index contributed by atoms with van der Waals surface area (Å²) < 4.78 is 0. The molecule has 2 fully saturated rings. The first-order valence-electron chi connectivity index (χ1n) is 8.98. The van der Waals surface area contributed by atoms with Gasteiger partial charge in [-0.25, -0.2) is 0 Å². The zero-order valence-corrected chi connectivity index (χ0v) is 14.2. The highest BCUT2D eigenvalue weighted by Gasteiger charge is 2.26. The normalized spacial score (nSPS) is 26.0. The van der Waals surface area contributed by atoms with E-state index in [1.54, 1.807) is 0 Å². The van der Waals surface area contributed by atoms with E-state index in [9.17, 15) is 0 Å². The van der Waals surface area contributed by atoms with E-state index in [0.717, 1.165) is 12.3 Å². The van der Waals surface area contributed by atoms with E-state index in [1.807, 2.05) is 0 Å². The first-order valence-corrected chi connectivity index (χ1v) is 8.98. The Morgan fingerprint density at radius 3 is 2.50 bits per heavy atom. The van der Waals surface area contributed by atoms with E-state index < -0.39 is 0 Å². The maximum Gasteiger partial charge on any atom is 0.0402 e. The lowest BCUT2D eigenvalue weighted by Crippen LogP contribution is -2.47. The number of hydrogen-bond acceptors (Lipinski definition) is 3. The van der Waals surface area contributed by atoms with Crippen molar-refractivity contribution in [2.75, 3.05) is 37.6 Å². The van der Waals surface area contributed by atoms with Crippen LogP contribution in [-0.2, 0) is 6.42 Å². The number of nitrogens with zero attached hydrogens (tertiary/aromatic N) is 2. The summed E-state index contributed by atoms with van der Waals surface area (Å²) in [5.74, 6) is 0.900. The minimum absolute atomic E-state index is 0.496. The van der Waals surface area contributed by atoms with Crippen molar-refractivity contribution in [3.05, 3.63) is 29.3 Å². The summed E-state index contributed by atoms with van der Waals surface area (Å²) in [6.07, 6.45) is 4.98. The fraction of sp³-hybridized carbons (Fsp3) is 0.684. The van der Waals surface area contributed by atoms with Crippen LogP contribution in [0.4, 0.5) is 5.69 Å². The van der Waals surface area contributed by atoms with Gasteiger partial charge in [-0.3, -0.25) is 4.90 Å². The Kier molecular flexibility index (Phi) is 5.04. The number of rotatable bonds is 5. The van der Waals surface area contributed by atoms with Crippen LogP contribution in [0.15, 0.2) is 18.2 Å². The second kappa shape index (κ2) is 7.01. The quantitative estimate of drug-likeness (QED) is 0.908. The van der Waals surface area contributed by atoms with E-state index in [1.165, 1.54) is 68.8 Å². The van der Waals surface area contributed by atoms with Crippen LogP contribution >= 0.6 is 0 Å². The molecule has 3 heteroatoms. The Balaban J connectivity index is 1.50. The lowest BCUT2D eigenvalue weighted by Gasteiger charge is -2.39. The maximum absolute atomic E-state index is 5.88. The lowest BCUT2D eigenvalue weighted by molar-refractivity contribution is 0.189. The van der Waals surface area contributed by atoms with Gasteiger partial charge >= 0.3 is 0 Å². The Labute approximate surface area is 135 Å². The Morgan fingerprint density at radius 2 is 1.86 bits per heavy atom. The molecule has 0 spiro atoms. The predicted molar refractivity (Wildman–Crippen MR) is 94.5 cm³/mol. The van der Waals surface area contributed by atoms with Crippen molar-refractivity contribution < 1.29 is 0 Å². The standard InChI is InChI=1S/C19H31N3/c1-3-18-15(2)5-4-6-19(18)22-11-9-21(10-12-22)8-7-16-13-17(20)14-16/h4-6,16-17H,3,7-14,20H2,1-2H3/t16-,17-. The lowest BCUT2D eigenvalue weighted by atomic mass is 9.79. The summed E-state index contributed by atoms with van der Waals surface area (Å²) in [5, 5.41) is 0. The van der Waals surface area contributed by atoms with Crippen molar-refractivity contribution in [3.63, 3.8) is 0 Å². The maximum atomic E-state index is 5.88. The van der Waals surface area contributed by atoms with Gasteiger partial charge in [-0.2, -0.15) is 0 Å². The Hall–Kier alpha value is -1.06. The minimum atomic E-state index is 0.496. The van der Waals surface area contributed by atoms with E-state index in [-0.39, 0.29) is 0 Å². The molecule has 0 unspecified atom stereocenters. The van der Waals surface area contributed by atoms with Gasteiger partial charge in [0.15, 0.2) is 0 Å². The average molecular weight is 301 g/mol. The molecule has 1 saturated carbocycles. The molecule has 2 N–H and O–H groups in total. The SMILES string of the molecule is CCc1c(C)cccc1N1CCN(CC[C@H]2C[C@H](N)C2)CC1. The number of nitrogens with two attached hydrogens (primary N) is 1. The number of piperazine rings is 1. The van der Waals surface area contributed by atoms with Crippen molar-refractivity contribution in [1.29, 1.82) is 0 Å². The fourth-order valence-corrected chi connectivity index (χ4v) is 4.04. The highest BCUT2D eigenvalue weighted by Crippen LogP contribution is 2.29. The molecule has 1 aliphatic carbocycles. The predicted octanol–water partition coefficient (Wildman–Crippen LogP) is 2.81. The molecule has 1 saturated heterocycles. The van der Waals surface area contributed by atoms with Gasteiger partial charge in [-0.05, 0) is 62.3 Å². The van der Waals surface area contributed by atoms with Gasteiger partial charge in [0.05, 0.1) is 0 Å². The molecule has 22 heavy (non-hydrogen) atoms. The molecule has 0 bridgehead atoms. The van der Waals surface area contributed by atoms with Gasteiger partial charge in [0.1, 0.15) is 0 Å². The first-order chi connectivity index (χ1) is 10.7. The molecule has 1 aromatic carbocycles. The smallest absolute Gasteiger partial charge is 0.0402 e. The molecule has 122 valence electrons. The van der Waals surface area contributed by atoms with Crippen LogP contribution in [0.25, 0.3) is 0 Å². The molecular weight excluding hydrogens is 270 g/mol. The third-order valence-corrected chi connectivity index (χ3v) is 5.58. The molecule has 1 aromatic rings. The van der Waals surface area contributed by atoms with Crippen molar-refractivity contribution in [2.45, 2.75) is 45.6 Å². The second-order valence-corrected chi connectivity index (χ2v) is 7.14. The highest BCUT2D eigenvalue weighted by molar-refractivity contribution is 5.57. The monoisotopic (exact) mass is 301 g/mol. The van der Waals surface area contributed by atoms with E-state index in [2.05, 4.69) is 41.8 Å². The number of hydrogen-bond donors (Lipinski definition) is 1. The van der Waals surface area contributed by atoms with Gasteiger partial charge in [-0.15, -0.1) is 0 Å². The van der Waals surface area contributed by atoms with Gasteiger partial charge in [0.25, 0.3) is 0 Å². The van der Waals surface area contributed by atoms with Crippen molar-refractivity contribution in [2.24, 2.45) is 11.7 Å². The zero-order valence-electron chi connectivity index (χ0n) is 14.2. The van der Waals surface area contributed by atoms with Crippen LogP contribution in [0.5, 0.6) is 0 Å². The molecule has 0 atom stereocenters. The van der Waals surface area contributed by atoms with Crippen molar-refractivity contribution in [1.82, 2.24) is 4.90 Å². The Morgan fingerprint density at radius 1 is 1.14 bits per heavy atom. The largest absolute Gasteiger partial charge is 0.369 e. The van der Waals surface area contributed by atoms with Gasteiger partial charge < -0.3 is 10.6 Å². The van der Waals surface area contributed by atoms with Gasteiger partial charge in [0, 0.05) is 37.9 Å². The summed E-state index contributed by atoms with van der Waals surface area (Å²) in [6.45, 7) is 10.5. The van der Waals surface area contributed by atoms with E-state index >= 15 is 0 Å². The summed E-state index contributed by atoms with van der Waals surface area (Å²) >= 11 is 0. The number of anilines is 1. The molecule has 3 rings (SSSR count). The van der Waals surface area contributed by atoms with Gasteiger partial charge in [-0.1, -0.05) is 19.1 Å². The van der Waals surface area contributed by atoms with Crippen LogP contribution < -0.4 is 10.6 Å². The highest BCUT2D eigenvalue weighted by atomic mass is 15.3. The fourth-order valence-electron chi connectivity index (χ4n) is 4.04. The van der Waals surface area contributed by atoms with Crippen LogP contribution in [0.3, 0.4) is 0 Å². The molecule has 3 nitrogen and oxygen atoms in total. The van der Waals surface area contributed by atoms with Crippen molar-refractivity contribution >= 4 is 5.69 Å². The minimum Gasteiger partial charge on any atom is -0.369 e. The molecule has 1 aliphatic heterocycles. The zero-order chi connectivity index (χ0) is 15.5. The van der Waals surface area contributed by atoms with Crippen LogP contribution in [-0.4, -0.2) is 43.7 Å². The van der Waals surface area contributed by atoms with E-state index in [0.29, 0.717) is 6.04 Å². The van der Waals surface area contributed by atoms with Crippen LogP contribution in [0.2, 0.25) is 0 Å². The molecular formula is C19H31N3. The van der Waals surface area contributed by atoms with Crippen LogP contribution in [0, 0.1) is 12.8 Å². The van der Waals surface area contributed by atoms with Crippen LogP contribution in [0.1, 0.15) is 37.3 Å². The first kappa shape index (κ1) is 15.8. The third-order valence-electron chi connectivity index (χ3n) is 5.58. The molecule has 0 aromatic heterocycles. The Bertz CT molecular complexity index is 485. The van der Waals surface area contributed by atoms with Crippen molar-refractivity contribution in [3.8, 4) is 0 Å².